The molecule has 0 aliphatic rings. The van der Waals surface area contributed by atoms with E-state index in [9.17, 15) is 22.8 Å². The Labute approximate surface area is 176 Å². The lowest BCUT2D eigenvalue weighted by Crippen LogP contribution is -2.18. The van der Waals surface area contributed by atoms with E-state index < -0.39 is 23.9 Å². The molecule has 3 aromatic heterocycles. The number of aryl methyl sites for hydroxylation is 1. The lowest BCUT2D eigenvalue weighted by molar-refractivity contribution is -0.143. The van der Waals surface area contributed by atoms with Crippen LogP contribution in [0.3, 0.4) is 0 Å². The van der Waals surface area contributed by atoms with Crippen LogP contribution < -0.4 is 10.1 Å². The van der Waals surface area contributed by atoms with Crippen LogP contribution in [0.15, 0.2) is 48.9 Å². The predicted octanol–water partition coefficient (Wildman–Crippen LogP) is 3.75. The Hall–Kier alpha value is -4.42. The van der Waals surface area contributed by atoms with E-state index in [-0.39, 0.29) is 17.4 Å². The molecule has 0 spiro atoms. The van der Waals surface area contributed by atoms with Gasteiger partial charge in [0, 0.05) is 30.8 Å². The molecule has 0 aliphatic carbocycles. The number of hydrogen-bond donors (Lipinski definition) is 2. The summed E-state index contributed by atoms with van der Waals surface area (Å²) < 4.78 is 46.1. The number of carboxylic acid groups (broad SMARTS) is 1. The van der Waals surface area contributed by atoms with Crippen LogP contribution in [0.5, 0.6) is 11.6 Å². The van der Waals surface area contributed by atoms with Gasteiger partial charge in [-0.1, -0.05) is 0 Å². The van der Waals surface area contributed by atoms with Crippen molar-refractivity contribution in [2.75, 3.05) is 5.32 Å². The van der Waals surface area contributed by atoms with Gasteiger partial charge in [0.05, 0.1) is 5.52 Å². The van der Waals surface area contributed by atoms with E-state index in [4.69, 9.17) is 9.84 Å². The Morgan fingerprint density at radius 2 is 1.91 bits per heavy atom. The van der Waals surface area contributed by atoms with Crippen LogP contribution >= 0.6 is 0 Å². The molecule has 4 rings (SSSR count). The number of carboxylic acids is 1. The average molecular weight is 446 g/mol. The van der Waals surface area contributed by atoms with Gasteiger partial charge in [-0.3, -0.25) is 14.6 Å². The van der Waals surface area contributed by atoms with Gasteiger partial charge < -0.3 is 9.84 Å². The highest BCUT2D eigenvalue weighted by Gasteiger charge is 2.35. The van der Waals surface area contributed by atoms with Crippen molar-refractivity contribution in [1.29, 1.82) is 0 Å². The Morgan fingerprint density at radius 3 is 2.59 bits per heavy atom. The maximum absolute atomic E-state index is 12.9. The zero-order valence-corrected chi connectivity index (χ0v) is 16.2. The minimum Gasteiger partial charge on any atom is -0.477 e. The van der Waals surface area contributed by atoms with Crippen LogP contribution in [0.25, 0.3) is 10.9 Å². The number of halogens is 3. The molecule has 10 nitrogen and oxygen atoms in total. The van der Waals surface area contributed by atoms with E-state index in [0.29, 0.717) is 21.3 Å². The summed E-state index contributed by atoms with van der Waals surface area (Å²) >= 11 is 0. The van der Waals surface area contributed by atoms with Crippen LogP contribution in [0.4, 0.5) is 23.8 Å². The topological polar surface area (TPSA) is 124 Å². The summed E-state index contributed by atoms with van der Waals surface area (Å²) in [6.45, 7) is 0. The Bertz CT molecular complexity index is 1340. The standard InChI is InChI=1S/C19H13F3N6O4/c1-27-14(19(20,21)22)8-15(26-27)25-18(31)28-5-4-10-6-11(2-3-13(10)28)32-16-7-12(17(29)30)23-9-24-16/h2-9H,1H3,(H,29,30)(H,25,26,31). The van der Waals surface area contributed by atoms with Gasteiger partial charge >= 0.3 is 18.2 Å². The van der Waals surface area contributed by atoms with Crippen LogP contribution in [-0.2, 0) is 13.2 Å². The Kier molecular flexibility index (Phi) is 5.00. The quantitative estimate of drug-likeness (QED) is 0.489. The highest BCUT2D eigenvalue weighted by atomic mass is 19.4. The van der Waals surface area contributed by atoms with Gasteiger partial charge in [-0.25, -0.2) is 19.6 Å². The van der Waals surface area contributed by atoms with Crippen molar-refractivity contribution in [2.45, 2.75) is 6.18 Å². The van der Waals surface area contributed by atoms with E-state index in [0.717, 1.165) is 25.5 Å². The number of aromatic nitrogens is 5. The number of carbonyl (C=O) groups is 2. The molecule has 2 N–H and O–H groups in total. The molecule has 0 atom stereocenters. The van der Waals surface area contributed by atoms with Crippen LogP contribution in [-0.4, -0.2) is 41.4 Å². The molecule has 0 aliphatic heterocycles. The summed E-state index contributed by atoms with van der Waals surface area (Å²) in [4.78, 5) is 31.0. The van der Waals surface area contributed by atoms with Crippen molar-refractivity contribution in [3.05, 3.63) is 60.3 Å². The molecular weight excluding hydrogens is 433 g/mol. The predicted molar refractivity (Wildman–Crippen MR) is 104 cm³/mol. The first kappa shape index (κ1) is 20.8. The molecule has 3 heterocycles. The molecule has 4 aromatic rings. The number of rotatable bonds is 4. The smallest absolute Gasteiger partial charge is 0.433 e. The van der Waals surface area contributed by atoms with Crippen LogP contribution in [0.2, 0.25) is 0 Å². The van der Waals surface area contributed by atoms with Crippen molar-refractivity contribution in [1.82, 2.24) is 24.3 Å². The van der Waals surface area contributed by atoms with E-state index in [1.54, 1.807) is 18.2 Å². The fraction of sp³-hybridized carbons (Fsp3) is 0.105. The van der Waals surface area contributed by atoms with Gasteiger partial charge in [0.15, 0.2) is 11.5 Å². The second-order valence-electron chi connectivity index (χ2n) is 6.52. The lowest BCUT2D eigenvalue weighted by atomic mass is 10.2. The maximum Gasteiger partial charge on any atom is 0.433 e. The highest BCUT2D eigenvalue weighted by Crippen LogP contribution is 2.30. The second kappa shape index (κ2) is 7.68. The second-order valence-corrected chi connectivity index (χ2v) is 6.52. The normalized spacial score (nSPS) is 11.5. The SMILES string of the molecule is Cn1nc(NC(=O)n2ccc3cc(Oc4cc(C(=O)O)ncn4)ccc32)cc1C(F)(F)F. The molecule has 13 heteroatoms. The Balaban J connectivity index is 1.55. The van der Waals surface area contributed by atoms with E-state index in [1.807, 2.05) is 0 Å². The lowest BCUT2D eigenvalue weighted by Gasteiger charge is -2.07. The zero-order chi connectivity index (χ0) is 23.0. The van der Waals surface area contributed by atoms with Crippen molar-refractivity contribution in [2.24, 2.45) is 7.05 Å². The molecule has 1 amide bonds. The largest absolute Gasteiger partial charge is 0.477 e. The molecule has 1 aromatic carbocycles. The number of nitrogens with zero attached hydrogens (tertiary/aromatic N) is 5. The molecule has 0 saturated carbocycles. The summed E-state index contributed by atoms with van der Waals surface area (Å²) in [5, 5.41) is 15.6. The third kappa shape index (κ3) is 4.08. The van der Waals surface area contributed by atoms with Gasteiger partial charge in [-0.2, -0.15) is 18.3 Å². The summed E-state index contributed by atoms with van der Waals surface area (Å²) in [6, 6.07) is 7.46. The van der Waals surface area contributed by atoms with E-state index in [1.165, 1.54) is 16.8 Å². The van der Waals surface area contributed by atoms with Gasteiger partial charge in [-0.15, -0.1) is 0 Å². The molecule has 0 radical (unpaired) electrons. The molecular formula is C19H13F3N6O4. The number of alkyl halides is 3. The number of ether oxygens (including phenoxy) is 1. The summed E-state index contributed by atoms with van der Waals surface area (Å²) in [7, 11) is 1.13. The van der Waals surface area contributed by atoms with Gasteiger partial charge in [0.2, 0.25) is 5.88 Å². The van der Waals surface area contributed by atoms with Crippen molar-refractivity contribution < 1.29 is 32.6 Å². The molecule has 164 valence electrons. The minimum atomic E-state index is -4.60. The minimum absolute atomic E-state index is 0.0181. The molecule has 32 heavy (non-hydrogen) atoms. The first-order valence-electron chi connectivity index (χ1n) is 8.89. The van der Waals surface area contributed by atoms with Crippen molar-refractivity contribution in [3.63, 3.8) is 0 Å². The van der Waals surface area contributed by atoms with Gasteiger partial charge in [0.25, 0.3) is 0 Å². The number of aromatic carboxylic acids is 1. The maximum atomic E-state index is 12.9. The van der Waals surface area contributed by atoms with Crippen LogP contribution in [0.1, 0.15) is 16.2 Å². The number of nitrogens with one attached hydrogen (secondary N) is 1. The number of benzene rings is 1. The number of amides is 1. The van der Waals surface area contributed by atoms with E-state index in [2.05, 4.69) is 20.4 Å². The highest BCUT2D eigenvalue weighted by molar-refractivity contribution is 5.98. The van der Waals surface area contributed by atoms with Gasteiger partial charge in [0.1, 0.15) is 17.8 Å². The molecule has 0 fully saturated rings. The number of fused-ring (bicyclic) bond motifs is 1. The number of anilines is 1. The van der Waals surface area contributed by atoms with Crippen molar-refractivity contribution >= 4 is 28.7 Å². The first-order valence-corrected chi connectivity index (χ1v) is 8.89. The monoisotopic (exact) mass is 446 g/mol. The fourth-order valence-electron chi connectivity index (χ4n) is 2.96. The summed E-state index contributed by atoms with van der Waals surface area (Å²) in [6.07, 6.45) is -2.11. The van der Waals surface area contributed by atoms with Crippen LogP contribution in [0, 0.1) is 0 Å². The summed E-state index contributed by atoms with van der Waals surface area (Å²) in [5.74, 6) is -1.13. The van der Waals surface area contributed by atoms with Crippen molar-refractivity contribution in [3.8, 4) is 11.6 Å². The fourth-order valence-corrected chi connectivity index (χ4v) is 2.96. The zero-order valence-electron chi connectivity index (χ0n) is 16.2. The number of hydrogen-bond acceptors (Lipinski definition) is 6. The average Bonchev–Trinajstić information content (AvgIpc) is 3.31. The van der Waals surface area contributed by atoms with E-state index >= 15 is 0 Å². The van der Waals surface area contributed by atoms with Gasteiger partial charge in [-0.05, 0) is 24.3 Å². The molecule has 0 bridgehead atoms. The number of carbonyl (C=O) groups excluding carboxylic acids is 1. The Morgan fingerprint density at radius 1 is 1.12 bits per heavy atom. The summed E-state index contributed by atoms with van der Waals surface area (Å²) in [5.41, 5.74) is -0.777. The third-order valence-corrected chi connectivity index (χ3v) is 4.37. The third-order valence-electron chi connectivity index (χ3n) is 4.37. The molecule has 0 saturated heterocycles. The first-order chi connectivity index (χ1) is 15.1. The molecule has 0 unspecified atom stereocenters.